The number of carbonyl (C=O) groups excluding carboxylic acids is 2. The standard InChI is InChI=1S/C17H35N3O3/c1-8-12(5)16(13(9-2)23-7)20(6)14(21)10-19-17(22)15(18)11(3)4/h11-13,15-16H,8-10,18H2,1-7H3,(H,19,22)/t12?,13-,15?,16+/m1/s1. The van der Waals surface area contributed by atoms with Crippen molar-refractivity contribution in [2.75, 3.05) is 20.7 Å². The number of rotatable bonds is 10. The van der Waals surface area contributed by atoms with Crippen molar-refractivity contribution in [2.24, 2.45) is 17.6 Å². The first kappa shape index (κ1) is 21.9. The molecule has 6 nitrogen and oxygen atoms in total. The highest BCUT2D eigenvalue weighted by Gasteiger charge is 2.31. The predicted octanol–water partition coefficient (Wildman–Crippen LogP) is 1.38. The van der Waals surface area contributed by atoms with Gasteiger partial charge in [0.25, 0.3) is 0 Å². The molecule has 0 aliphatic heterocycles. The van der Waals surface area contributed by atoms with E-state index >= 15 is 0 Å². The van der Waals surface area contributed by atoms with Crippen LogP contribution in [0.5, 0.6) is 0 Å². The first-order valence-electron chi connectivity index (χ1n) is 8.52. The number of likely N-dealkylation sites (N-methyl/N-ethyl adjacent to an activating group) is 1. The summed E-state index contributed by atoms with van der Waals surface area (Å²) in [5.41, 5.74) is 5.79. The summed E-state index contributed by atoms with van der Waals surface area (Å²) in [6.45, 7) is 9.97. The molecule has 23 heavy (non-hydrogen) atoms. The van der Waals surface area contributed by atoms with E-state index in [1.54, 1.807) is 19.1 Å². The van der Waals surface area contributed by atoms with Crippen molar-refractivity contribution in [3.63, 3.8) is 0 Å². The highest BCUT2D eigenvalue weighted by Crippen LogP contribution is 2.21. The van der Waals surface area contributed by atoms with Crippen LogP contribution in [0, 0.1) is 11.8 Å². The summed E-state index contributed by atoms with van der Waals surface area (Å²) in [5, 5.41) is 2.64. The number of methoxy groups -OCH3 is 1. The number of nitrogens with two attached hydrogens (primary N) is 1. The topological polar surface area (TPSA) is 84.7 Å². The summed E-state index contributed by atoms with van der Waals surface area (Å²) in [7, 11) is 3.45. The van der Waals surface area contributed by atoms with E-state index in [1.807, 2.05) is 20.8 Å². The summed E-state index contributed by atoms with van der Waals surface area (Å²) in [6.07, 6.45) is 1.76. The van der Waals surface area contributed by atoms with Crippen LogP contribution in [-0.2, 0) is 14.3 Å². The van der Waals surface area contributed by atoms with Gasteiger partial charge in [-0.3, -0.25) is 9.59 Å². The molecule has 0 aliphatic rings. The van der Waals surface area contributed by atoms with E-state index < -0.39 is 6.04 Å². The number of ether oxygens (including phenoxy) is 1. The highest BCUT2D eigenvalue weighted by molar-refractivity contribution is 5.87. The molecular formula is C17H35N3O3. The Bertz CT molecular complexity index is 370. The second-order valence-electron chi connectivity index (χ2n) is 6.55. The Balaban J connectivity index is 4.84. The van der Waals surface area contributed by atoms with Crippen molar-refractivity contribution in [3.05, 3.63) is 0 Å². The molecule has 0 bridgehead atoms. The molecule has 0 aromatic heterocycles. The minimum atomic E-state index is -0.596. The van der Waals surface area contributed by atoms with Gasteiger partial charge in [0.05, 0.1) is 24.7 Å². The molecule has 3 N–H and O–H groups in total. The first-order valence-corrected chi connectivity index (χ1v) is 8.52. The number of hydrogen-bond acceptors (Lipinski definition) is 4. The van der Waals surface area contributed by atoms with Crippen molar-refractivity contribution >= 4 is 11.8 Å². The van der Waals surface area contributed by atoms with Crippen molar-refractivity contribution in [3.8, 4) is 0 Å². The molecule has 0 fully saturated rings. The molecule has 0 aromatic carbocycles. The third kappa shape index (κ3) is 6.47. The van der Waals surface area contributed by atoms with Gasteiger partial charge in [-0.1, -0.05) is 41.0 Å². The third-order valence-electron chi connectivity index (χ3n) is 4.59. The number of nitrogens with one attached hydrogen (secondary N) is 1. The normalized spacial score (nSPS) is 16.6. The van der Waals surface area contributed by atoms with Gasteiger partial charge in [-0.05, 0) is 18.3 Å². The van der Waals surface area contributed by atoms with Gasteiger partial charge in [-0.15, -0.1) is 0 Å². The van der Waals surface area contributed by atoms with Gasteiger partial charge in [-0.25, -0.2) is 0 Å². The maximum atomic E-state index is 12.5. The average Bonchev–Trinajstić information content (AvgIpc) is 2.54. The Hall–Kier alpha value is -1.14. The van der Waals surface area contributed by atoms with Crippen molar-refractivity contribution in [2.45, 2.75) is 65.6 Å². The minimum absolute atomic E-state index is 0.0156. The lowest BCUT2D eigenvalue weighted by molar-refractivity contribution is -0.138. The summed E-state index contributed by atoms with van der Waals surface area (Å²) in [6, 6.07) is -0.612. The predicted molar refractivity (Wildman–Crippen MR) is 92.9 cm³/mol. The van der Waals surface area contributed by atoms with Crippen LogP contribution in [0.3, 0.4) is 0 Å². The summed E-state index contributed by atoms with van der Waals surface area (Å²) in [5.74, 6) is -0.0770. The number of nitrogens with zero attached hydrogens (tertiary/aromatic N) is 1. The Kier molecular flexibility index (Phi) is 10.1. The molecule has 0 spiro atoms. The lowest BCUT2D eigenvalue weighted by Gasteiger charge is -2.37. The smallest absolute Gasteiger partial charge is 0.242 e. The summed E-state index contributed by atoms with van der Waals surface area (Å²) < 4.78 is 5.55. The zero-order valence-electron chi connectivity index (χ0n) is 15.8. The van der Waals surface area contributed by atoms with E-state index in [2.05, 4.69) is 19.2 Å². The Morgan fingerprint density at radius 1 is 1.17 bits per heavy atom. The molecule has 6 heteroatoms. The van der Waals surface area contributed by atoms with Crippen molar-refractivity contribution in [1.29, 1.82) is 0 Å². The van der Waals surface area contributed by atoms with Crippen LogP contribution in [0.2, 0.25) is 0 Å². The van der Waals surface area contributed by atoms with Gasteiger partial charge in [0, 0.05) is 14.2 Å². The number of carbonyl (C=O) groups is 2. The number of hydrogen-bond donors (Lipinski definition) is 2. The fourth-order valence-corrected chi connectivity index (χ4v) is 2.66. The minimum Gasteiger partial charge on any atom is -0.379 e. The van der Waals surface area contributed by atoms with Gasteiger partial charge < -0.3 is 20.7 Å². The zero-order valence-corrected chi connectivity index (χ0v) is 15.8. The molecule has 0 saturated heterocycles. The first-order chi connectivity index (χ1) is 10.7. The molecule has 136 valence electrons. The molecule has 4 atom stereocenters. The van der Waals surface area contributed by atoms with E-state index in [9.17, 15) is 9.59 Å². The van der Waals surface area contributed by atoms with Crippen molar-refractivity contribution < 1.29 is 14.3 Å². The molecule has 0 radical (unpaired) electrons. The van der Waals surface area contributed by atoms with E-state index in [1.165, 1.54) is 0 Å². The SMILES string of the molecule is CCC(C)[C@@H]([C@@H](CC)OC)N(C)C(=O)CNC(=O)C(N)C(C)C. The largest absolute Gasteiger partial charge is 0.379 e. The van der Waals surface area contributed by atoms with E-state index in [0.717, 1.165) is 12.8 Å². The quantitative estimate of drug-likeness (QED) is 0.634. The van der Waals surface area contributed by atoms with Gasteiger partial charge >= 0.3 is 0 Å². The van der Waals surface area contributed by atoms with Gasteiger partial charge in [-0.2, -0.15) is 0 Å². The van der Waals surface area contributed by atoms with E-state index in [-0.39, 0.29) is 36.4 Å². The summed E-state index contributed by atoms with van der Waals surface area (Å²) >= 11 is 0. The molecule has 0 heterocycles. The average molecular weight is 329 g/mol. The molecule has 2 amide bonds. The van der Waals surface area contributed by atoms with Crippen LogP contribution in [0.15, 0.2) is 0 Å². The maximum Gasteiger partial charge on any atom is 0.242 e. The van der Waals surface area contributed by atoms with Crippen molar-refractivity contribution in [1.82, 2.24) is 10.2 Å². The fourth-order valence-electron chi connectivity index (χ4n) is 2.66. The molecular weight excluding hydrogens is 294 g/mol. The molecule has 0 rings (SSSR count). The van der Waals surface area contributed by atoms with Crippen LogP contribution < -0.4 is 11.1 Å². The van der Waals surface area contributed by atoms with E-state index in [4.69, 9.17) is 10.5 Å². The maximum absolute atomic E-state index is 12.5. The van der Waals surface area contributed by atoms with Crippen LogP contribution in [0.25, 0.3) is 0 Å². The summed E-state index contributed by atoms with van der Waals surface area (Å²) in [4.78, 5) is 26.0. The zero-order chi connectivity index (χ0) is 18.2. The lowest BCUT2D eigenvalue weighted by Crippen LogP contribution is -2.53. The molecule has 0 aliphatic carbocycles. The second kappa shape index (κ2) is 10.6. The Morgan fingerprint density at radius 2 is 1.74 bits per heavy atom. The van der Waals surface area contributed by atoms with Gasteiger partial charge in [0.2, 0.25) is 11.8 Å². The Morgan fingerprint density at radius 3 is 2.13 bits per heavy atom. The third-order valence-corrected chi connectivity index (χ3v) is 4.59. The Labute approximate surface area is 141 Å². The monoisotopic (exact) mass is 329 g/mol. The molecule has 0 aromatic rings. The van der Waals surface area contributed by atoms with Crippen LogP contribution in [0.4, 0.5) is 0 Å². The number of amides is 2. The van der Waals surface area contributed by atoms with E-state index in [0.29, 0.717) is 5.92 Å². The molecule has 2 unspecified atom stereocenters. The molecule has 0 saturated carbocycles. The van der Waals surface area contributed by atoms with Crippen LogP contribution >= 0.6 is 0 Å². The van der Waals surface area contributed by atoms with Crippen LogP contribution in [-0.4, -0.2) is 55.6 Å². The van der Waals surface area contributed by atoms with Crippen LogP contribution in [0.1, 0.15) is 47.5 Å². The lowest BCUT2D eigenvalue weighted by atomic mass is 9.91. The second-order valence-corrected chi connectivity index (χ2v) is 6.55. The van der Waals surface area contributed by atoms with Gasteiger partial charge in [0.15, 0.2) is 0 Å². The highest BCUT2D eigenvalue weighted by atomic mass is 16.5. The van der Waals surface area contributed by atoms with Gasteiger partial charge in [0.1, 0.15) is 0 Å². The fraction of sp³-hybridized carbons (Fsp3) is 0.882.